The van der Waals surface area contributed by atoms with Crippen molar-refractivity contribution in [3.8, 4) is 0 Å². The van der Waals surface area contributed by atoms with Crippen molar-refractivity contribution in [2.75, 3.05) is 25.0 Å². The molecule has 2 heterocycles. The summed E-state index contributed by atoms with van der Waals surface area (Å²) < 4.78 is 1.22. The molecule has 0 aliphatic carbocycles. The molecule has 144 valence electrons. The van der Waals surface area contributed by atoms with Gasteiger partial charge in [0.1, 0.15) is 0 Å². The van der Waals surface area contributed by atoms with Crippen molar-refractivity contribution in [2.24, 2.45) is 0 Å². The van der Waals surface area contributed by atoms with E-state index in [4.69, 9.17) is 4.98 Å². The summed E-state index contributed by atoms with van der Waals surface area (Å²) in [6, 6.07) is 14.2. The van der Waals surface area contributed by atoms with E-state index in [0.717, 1.165) is 31.4 Å². The number of nitro benzene ring substituents is 1. The minimum absolute atomic E-state index is 0.0329. The number of benzene rings is 2. The lowest BCUT2D eigenvalue weighted by Crippen LogP contribution is -2.38. The molecule has 0 saturated carbocycles. The van der Waals surface area contributed by atoms with Crippen LogP contribution in [0.25, 0.3) is 10.2 Å². The second-order valence-corrected chi connectivity index (χ2v) is 7.99. The molecule has 3 aromatic rings. The number of thiazole rings is 1. The highest BCUT2D eigenvalue weighted by atomic mass is 32.1. The number of nitro groups is 1. The number of carbonyl (C=O) groups is 1. The van der Waals surface area contributed by atoms with Crippen molar-refractivity contribution in [3.63, 3.8) is 0 Å². The first kappa shape index (κ1) is 18.5. The van der Waals surface area contributed by atoms with Gasteiger partial charge in [0.05, 0.1) is 26.7 Å². The third kappa shape index (κ3) is 4.18. The summed E-state index contributed by atoms with van der Waals surface area (Å²) in [6.07, 6.45) is 1.95. The number of likely N-dealkylation sites (tertiary alicyclic amines) is 1. The van der Waals surface area contributed by atoms with E-state index in [1.165, 1.54) is 21.8 Å². The molecule has 28 heavy (non-hydrogen) atoms. The highest BCUT2D eigenvalue weighted by molar-refractivity contribution is 7.18. The molecule has 0 spiro atoms. The van der Waals surface area contributed by atoms with Crippen molar-refractivity contribution in [2.45, 2.75) is 18.8 Å². The molecule has 2 aromatic carbocycles. The quantitative estimate of drug-likeness (QED) is 0.520. The number of non-ortho nitro benzene ring substituents is 1. The molecule has 1 amide bonds. The van der Waals surface area contributed by atoms with Crippen molar-refractivity contribution >= 4 is 38.8 Å². The molecule has 1 aliphatic rings. The molecule has 1 aromatic heterocycles. The number of anilines is 1. The zero-order chi connectivity index (χ0) is 19.5. The van der Waals surface area contributed by atoms with Crippen LogP contribution in [0.5, 0.6) is 0 Å². The van der Waals surface area contributed by atoms with Crippen molar-refractivity contribution < 1.29 is 9.72 Å². The molecule has 1 aliphatic heterocycles. The van der Waals surface area contributed by atoms with Gasteiger partial charge >= 0.3 is 0 Å². The molecule has 0 unspecified atom stereocenters. The predicted octanol–water partition coefficient (Wildman–Crippen LogP) is 4.02. The lowest BCUT2D eigenvalue weighted by Gasteiger charge is -2.30. The maximum absolute atomic E-state index is 12.3. The Morgan fingerprint density at radius 2 is 2.00 bits per heavy atom. The lowest BCUT2D eigenvalue weighted by atomic mass is 9.97. The normalized spacial score (nSPS) is 15.6. The summed E-state index contributed by atoms with van der Waals surface area (Å²) in [5.74, 6) is 0.285. The minimum Gasteiger partial charge on any atom is -0.325 e. The highest BCUT2D eigenvalue weighted by Gasteiger charge is 2.24. The number of amides is 1. The van der Waals surface area contributed by atoms with Gasteiger partial charge in [-0.2, -0.15) is 0 Å². The minimum atomic E-state index is -0.470. The molecule has 0 atom stereocenters. The third-order valence-electron chi connectivity index (χ3n) is 4.96. The second kappa shape index (κ2) is 8.04. The summed E-state index contributed by atoms with van der Waals surface area (Å²) in [4.78, 5) is 29.6. The molecule has 1 fully saturated rings. The fraction of sp³-hybridized carbons (Fsp3) is 0.300. The monoisotopic (exact) mass is 396 g/mol. The largest absolute Gasteiger partial charge is 0.325 e. The number of hydrogen-bond acceptors (Lipinski definition) is 6. The number of para-hydroxylation sites is 1. The van der Waals surface area contributed by atoms with Gasteiger partial charge in [-0.15, -0.1) is 11.3 Å². The Kier molecular flexibility index (Phi) is 5.31. The fourth-order valence-electron chi connectivity index (χ4n) is 3.50. The van der Waals surface area contributed by atoms with E-state index in [1.54, 1.807) is 23.5 Å². The van der Waals surface area contributed by atoms with E-state index in [2.05, 4.69) is 16.3 Å². The average Bonchev–Trinajstić information content (AvgIpc) is 3.13. The van der Waals surface area contributed by atoms with Crippen LogP contribution in [0.3, 0.4) is 0 Å². The topological polar surface area (TPSA) is 88.4 Å². The number of carbonyl (C=O) groups excluding carboxylic acids is 1. The number of rotatable bonds is 5. The van der Waals surface area contributed by atoms with Gasteiger partial charge in [-0.25, -0.2) is 4.98 Å². The zero-order valence-corrected chi connectivity index (χ0v) is 16.0. The smallest absolute Gasteiger partial charge is 0.271 e. The number of aromatic nitrogens is 1. The Morgan fingerprint density at radius 3 is 2.75 bits per heavy atom. The molecule has 8 heteroatoms. The van der Waals surface area contributed by atoms with Crippen LogP contribution in [0, 0.1) is 10.1 Å². The lowest BCUT2D eigenvalue weighted by molar-refractivity contribution is -0.384. The summed E-state index contributed by atoms with van der Waals surface area (Å²) in [5.41, 5.74) is 1.47. The molecule has 1 N–H and O–H groups in total. The molecular formula is C20H20N4O3S. The Labute approximate surface area is 166 Å². The van der Waals surface area contributed by atoms with E-state index in [-0.39, 0.29) is 18.1 Å². The third-order valence-corrected chi connectivity index (χ3v) is 6.15. The van der Waals surface area contributed by atoms with Gasteiger partial charge < -0.3 is 5.32 Å². The van der Waals surface area contributed by atoms with Gasteiger partial charge in [0.25, 0.3) is 5.69 Å². The first-order chi connectivity index (χ1) is 13.6. The Hall–Kier alpha value is -2.84. The number of hydrogen-bond donors (Lipinski definition) is 1. The number of nitrogens with one attached hydrogen (secondary N) is 1. The molecule has 0 bridgehead atoms. The molecule has 4 rings (SSSR count). The average molecular weight is 396 g/mol. The van der Waals surface area contributed by atoms with Gasteiger partial charge in [0, 0.05) is 23.7 Å². The first-order valence-corrected chi connectivity index (χ1v) is 10.0. The van der Waals surface area contributed by atoms with Crippen LogP contribution in [0.1, 0.15) is 23.8 Å². The fourth-order valence-corrected chi connectivity index (χ4v) is 4.64. The SMILES string of the molecule is O=C(CN1CCC(c2nc3ccccc3s2)CC1)Nc1cccc([N+](=O)[O-])c1. The van der Waals surface area contributed by atoms with Crippen LogP contribution in [-0.4, -0.2) is 40.3 Å². The molecular weight excluding hydrogens is 376 g/mol. The first-order valence-electron chi connectivity index (χ1n) is 9.20. The van der Waals surface area contributed by atoms with Gasteiger partial charge in [0.15, 0.2) is 0 Å². The number of nitrogens with zero attached hydrogens (tertiary/aromatic N) is 3. The summed E-state index contributed by atoms with van der Waals surface area (Å²) in [5, 5.41) is 14.8. The number of fused-ring (bicyclic) bond motifs is 1. The molecule has 0 radical (unpaired) electrons. The zero-order valence-electron chi connectivity index (χ0n) is 15.2. The van der Waals surface area contributed by atoms with E-state index in [1.807, 2.05) is 18.2 Å². The molecule has 1 saturated heterocycles. The van der Waals surface area contributed by atoms with E-state index in [9.17, 15) is 14.9 Å². The second-order valence-electron chi connectivity index (χ2n) is 6.93. The Morgan fingerprint density at radius 1 is 1.21 bits per heavy atom. The maximum Gasteiger partial charge on any atom is 0.271 e. The Bertz CT molecular complexity index is 978. The summed E-state index contributed by atoms with van der Waals surface area (Å²) in [7, 11) is 0. The van der Waals surface area contributed by atoms with Gasteiger partial charge in [0.2, 0.25) is 5.91 Å². The van der Waals surface area contributed by atoms with Crippen LogP contribution in [0.4, 0.5) is 11.4 Å². The van der Waals surface area contributed by atoms with E-state index >= 15 is 0 Å². The van der Waals surface area contributed by atoms with Crippen molar-refractivity contribution in [1.82, 2.24) is 9.88 Å². The summed E-state index contributed by atoms with van der Waals surface area (Å²) >= 11 is 1.76. The van der Waals surface area contributed by atoms with Gasteiger partial charge in [-0.1, -0.05) is 18.2 Å². The highest BCUT2D eigenvalue weighted by Crippen LogP contribution is 2.33. The van der Waals surface area contributed by atoms with Crippen LogP contribution in [0.2, 0.25) is 0 Å². The summed E-state index contributed by atoms with van der Waals surface area (Å²) in [6.45, 7) is 1.96. The van der Waals surface area contributed by atoms with Gasteiger partial charge in [-0.05, 0) is 44.1 Å². The van der Waals surface area contributed by atoms with Crippen molar-refractivity contribution in [1.29, 1.82) is 0 Å². The van der Waals surface area contributed by atoms with Crippen LogP contribution in [0.15, 0.2) is 48.5 Å². The van der Waals surface area contributed by atoms with E-state index in [0.29, 0.717) is 11.6 Å². The number of piperidine rings is 1. The van der Waals surface area contributed by atoms with Crippen LogP contribution in [-0.2, 0) is 4.79 Å². The molecule has 7 nitrogen and oxygen atoms in total. The Balaban J connectivity index is 1.31. The van der Waals surface area contributed by atoms with E-state index < -0.39 is 4.92 Å². The van der Waals surface area contributed by atoms with Crippen molar-refractivity contribution in [3.05, 3.63) is 63.7 Å². The predicted molar refractivity (Wildman–Crippen MR) is 110 cm³/mol. The van der Waals surface area contributed by atoms with Crippen LogP contribution >= 0.6 is 11.3 Å². The maximum atomic E-state index is 12.3. The van der Waals surface area contributed by atoms with Gasteiger partial charge in [-0.3, -0.25) is 19.8 Å². The standard InChI is InChI=1S/C20H20N4O3S/c25-19(21-15-4-3-5-16(12-15)24(26)27)13-23-10-8-14(9-11-23)20-22-17-6-1-2-7-18(17)28-20/h1-7,12,14H,8-11,13H2,(H,21,25). The van der Waals surface area contributed by atoms with Crippen LogP contribution < -0.4 is 5.32 Å².